The fourth-order valence-corrected chi connectivity index (χ4v) is 4.64. The van der Waals surface area contributed by atoms with Crippen LogP contribution >= 0.6 is 0 Å². The fourth-order valence-electron chi connectivity index (χ4n) is 3.04. The Hall–Kier alpha value is -1.60. The summed E-state index contributed by atoms with van der Waals surface area (Å²) in [4.78, 5) is 13.3. The number of ether oxygens (including phenoxy) is 1. The van der Waals surface area contributed by atoms with Gasteiger partial charge in [0.05, 0.1) is 7.11 Å². The molecule has 1 aromatic carbocycles. The molecule has 1 aromatic rings. The van der Waals surface area contributed by atoms with E-state index in [0.29, 0.717) is 31.9 Å². The van der Waals surface area contributed by atoms with Gasteiger partial charge in [-0.05, 0) is 36.1 Å². The molecule has 0 aliphatic carbocycles. The summed E-state index contributed by atoms with van der Waals surface area (Å²) >= 11 is 0. The minimum Gasteiger partial charge on any atom is -0.495 e. The van der Waals surface area contributed by atoms with Gasteiger partial charge in [-0.1, -0.05) is 13.8 Å². The van der Waals surface area contributed by atoms with Gasteiger partial charge in [0, 0.05) is 33.1 Å². The van der Waals surface area contributed by atoms with Crippen molar-refractivity contribution >= 4 is 15.9 Å². The third kappa shape index (κ3) is 3.57. The number of hydrogen-bond donors (Lipinski definition) is 0. The predicted octanol–water partition coefficient (Wildman–Crippen LogP) is 1.98. The fraction of sp³-hybridized carbons (Fsp3) is 0.588. The number of rotatable bonds is 4. The molecule has 0 atom stereocenters. The molecule has 0 aromatic heterocycles. The van der Waals surface area contributed by atoms with Crippen LogP contribution in [0.1, 0.15) is 37.8 Å². The van der Waals surface area contributed by atoms with Gasteiger partial charge < -0.3 is 9.64 Å². The maximum Gasteiger partial charge on any atom is 0.246 e. The number of hydrogen-bond acceptors (Lipinski definition) is 4. The highest BCUT2D eigenvalue weighted by atomic mass is 32.2. The Morgan fingerprint density at radius 1 is 1.17 bits per heavy atom. The Labute approximate surface area is 144 Å². The van der Waals surface area contributed by atoms with E-state index in [0.717, 1.165) is 11.1 Å². The van der Waals surface area contributed by atoms with Gasteiger partial charge in [0.1, 0.15) is 10.6 Å². The number of piperazine rings is 1. The van der Waals surface area contributed by atoms with Crippen molar-refractivity contribution in [3.8, 4) is 5.75 Å². The minimum atomic E-state index is -3.66. The van der Waals surface area contributed by atoms with E-state index in [2.05, 4.69) is 0 Å². The van der Waals surface area contributed by atoms with Gasteiger partial charge in [0.15, 0.2) is 0 Å². The van der Waals surface area contributed by atoms with Gasteiger partial charge in [-0.3, -0.25) is 4.79 Å². The van der Waals surface area contributed by atoms with E-state index in [1.54, 1.807) is 17.0 Å². The third-order valence-corrected chi connectivity index (χ3v) is 6.40. The van der Waals surface area contributed by atoms with Crippen LogP contribution in [0.2, 0.25) is 0 Å². The van der Waals surface area contributed by atoms with Gasteiger partial charge >= 0.3 is 0 Å². The number of carbonyl (C=O) groups is 1. The first-order chi connectivity index (χ1) is 11.2. The summed E-state index contributed by atoms with van der Waals surface area (Å²) in [6, 6.07) is 3.51. The molecule has 0 unspecified atom stereocenters. The largest absolute Gasteiger partial charge is 0.495 e. The van der Waals surface area contributed by atoms with E-state index >= 15 is 0 Å². The van der Waals surface area contributed by atoms with E-state index in [1.165, 1.54) is 18.3 Å². The number of nitrogens with zero attached hydrogens (tertiary/aromatic N) is 2. The predicted molar refractivity (Wildman–Crippen MR) is 92.8 cm³/mol. The van der Waals surface area contributed by atoms with E-state index in [1.807, 2.05) is 20.8 Å². The summed E-state index contributed by atoms with van der Waals surface area (Å²) in [7, 11) is -2.17. The van der Waals surface area contributed by atoms with Crippen LogP contribution in [0.3, 0.4) is 0 Å². The maximum atomic E-state index is 13.1. The molecule has 1 aliphatic heterocycles. The molecular weight excluding hydrogens is 328 g/mol. The molecule has 24 heavy (non-hydrogen) atoms. The zero-order valence-electron chi connectivity index (χ0n) is 15.0. The summed E-state index contributed by atoms with van der Waals surface area (Å²) in [5.74, 6) is 0.562. The van der Waals surface area contributed by atoms with Crippen molar-refractivity contribution in [2.45, 2.75) is 38.5 Å². The Morgan fingerprint density at radius 2 is 1.75 bits per heavy atom. The lowest BCUT2D eigenvalue weighted by Crippen LogP contribution is -2.50. The summed E-state index contributed by atoms with van der Waals surface area (Å²) < 4.78 is 32.9. The van der Waals surface area contributed by atoms with E-state index in [4.69, 9.17) is 4.74 Å². The second-order valence-electron chi connectivity index (χ2n) is 6.42. The molecule has 1 amide bonds. The molecule has 1 fully saturated rings. The van der Waals surface area contributed by atoms with Gasteiger partial charge in [-0.25, -0.2) is 8.42 Å². The van der Waals surface area contributed by atoms with Crippen LogP contribution in [-0.2, 0) is 14.8 Å². The molecule has 0 N–H and O–H groups in total. The smallest absolute Gasteiger partial charge is 0.246 e. The van der Waals surface area contributed by atoms with Crippen LogP contribution in [0.4, 0.5) is 0 Å². The molecule has 2 rings (SSSR count). The van der Waals surface area contributed by atoms with Crippen molar-refractivity contribution in [2.24, 2.45) is 0 Å². The molecule has 0 saturated carbocycles. The van der Waals surface area contributed by atoms with Crippen molar-refractivity contribution in [3.05, 3.63) is 23.3 Å². The molecule has 134 valence electrons. The standard InChI is InChI=1S/C17H26N2O4S/c1-12(2)15-11-17(16(23-5)10-13(15)3)24(21,22)19-8-6-18(7-9-19)14(4)20/h10-12H,6-9H2,1-5H3. The molecule has 1 saturated heterocycles. The van der Waals surface area contributed by atoms with E-state index in [9.17, 15) is 13.2 Å². The average molecular weight is 354 g/mol. The van der Waals surface area contributed by atoms with Crippen LogP contribution in [0.15, 0.2) is 17.0 Å². The van der Waals surface area contributed by atoms with Crippen LogP contribution in [-0.4, -0.2) is 56.8 Å². The lowest BCUT2D eigenvalue weighted by molar-refractivity contribution is -0.129. The van der Waals surface area contributed by atoms with Gasteiger partial charge in [0.2, 0.25) is 15.9 Å². The van der Waals surface area contributed by atoms with Crippen molar-refractivity contribution in [1.29, 1.82) is 0 Å². The number of sulfonamides is 1. The molecule has 6 nitrogen and oxygen atoms in total. The van der Waals surface area contributed by atoms with Crippen LogP contribution in [0.5, 0.6) is 5.75 Å². The average Bonchev–Trinajstić information content (AvgIpc) is 2.53. The number of benzene rings is 1. The first kappa shape index (κ1) is 18.7. The zero-order valence-corrected chi connectivity index (χ0v) is 15.8. The summed E-state index contributed by atoms with van der Waals surface area (Å²) in [5.41, 5.74) is 2.01. The molecule has 0 bridgehead atoms. The van der Waals surface area contributed by atoms with Gasteiger partial charge in [-0.15, -0.1) is 0 Å². The quantitative estimate of drug-likeness (QED) is 0.829. The number of amides is 1. The third-order valence-electron chi connectivity index (χ3n) is 4.48. The number of aryl methyl sites for hydroxylation is 1. The molecule has 1 heterocycles. The van der Waals surface area contributed by atoms with E-state index < -0.39 is 10.0 Å². The molecular formula is C17H26N2O4S. The summed E-state index contributed by atoms with van der Waals surface area (Å²) in [6.07, 6.45) is 0. The normalized spacial score (nSPS) is 16.5. The highest BCUT2D eigenvalue weighted by Crippen LogP contribution is 2.33. The molecule has 0 spiro atoms. The minimum absolute atomic E-state index is 0.0259. The van der Waals surface area contributed by atoms with Crippen LogP contribution in [0.25, 0.3) is 0 Å². The highest BCUT2D eigenvalue weighted by Gasteiger charge is 2.32. The second-order valence-corrected chi connectivity index (χ2v) is 8.33. The molecule has 1 aliphatic rings. The van der Waals surface area contributed by atoms with Crippen LogP contribution < -0.4 is 4.74 Å². The Morgan fingerprint density at radius 3 is 2.21 bits per heavy atom. The maximum absolute atomic E-state index is 13.1. The van der Waals surface area contributed by atoms with Gasteiger partial charge in [0.25, 0.3) is 0 Å². The number of methoxy groups -OCH3 is 1. The van der Waals surface area contributed by atoms with Crippen LogP contribution in [0, 0.1) is 6.92 Å². The van der Waals surface area contributed by atoms with E-state index in [-0.39, 0.29) is 16.7 Å². The lowest BCUT2D eigenvalue weighted by atomic mass is 9.98. The molecule has 7 heteroatoms. The summed E-state index contributed by atoms with van der Waals surface area (Å²) in [5, 5.41) is 0. The second kappa shape index (κ2) is 7.11. The number of carbonyl (C=O) groups excluding carboxylic acids is 1. The van der Waals surface area contributed by atoms with Crippen molar-refractivity contribution in [2.75, 3.05) is 33.3 Å². The SMILES string of the molecule is COc1cc(C)c(C(C)C)cc1S(=O)(=O)N1CCN(C(C)=O)CC1. The first-order valence-electron chi connectivity index (χ1n) is 8.12. The van der Waals surface area contributed by atoms with Crippen molar-refractivity contribution < 1.29 is 17.9 Å². The highest BCUT2D eigenvalue weighted by molar-refractivity contribution is 7.89. The summed E-state index contributed by atoms with van der Waals surface area (Å²) in [6.45, 7) is 8.97. The Bertz CT molecular complexity index is 720. The Kier molecular flexibility index (Phi) is 5.55. The van der Waals surface area contributed by atoms with Crippen molar-refractivity contribution in [3.63, 3.8) is 0 Å². The van der Waals surface area contributed by atoms with Crippen molar-refractivity contribution in [1.82, 2.24) is 9.21 Å². The topological polar surface area (TPSA) is 66.9 Å². The first-order valence-corrected chi connectivity index (χ1v) is 9.56. The van der Waals surface area contributed by atoms with Gasteiger partial charge in [-0.2, -0.15) is 4.31 Å². The Balaban J connectivity index is 2.39. The lowest BCUT2D eigenvalue weighted by Gasteiger charge is -2.33. The monoisotopic (exact) mass is 354 g/mol. The molecule has 0 radical (unpaired) electrons. The zero-order chi connectivity index (χ0) is 18.1.